The van der Waals surface area contributed by atoms with E-state index in [1.54, 1.807) is 43.3 Å². The smallest absolute Gasteiger partial charge is 0.341 e. The van der Waals surface area contributed by atoms with Crippen molar-refractivity contribution in [3.05, 3.63) is 59.2 Å². The molecule has 28 heavy (non-hydrogen) atoms. The van der Waals surface area contributed by atoms with Crippen molar-refractivity contribution in [1.82, 2.24) is 4.90 Å². The number of ether oxygens (including phenoxy) is 1. The maximum absolute atomic E-state index is 12.6. The molecule has 146 valence electrons. The zero-order valence-electron chi connectivity index (χ0n) is 16.0. The Kier molecular flexibility index (Phi) is 5.96. The van der Waals surface area contributed by atoms with Gasteiger partial charge in [0.1, 0.15) is 16.3 Å². The highest BCUT2D eigenvalue weighted by Crippen LogP contribution is 2.42. The maximum atomic E-state index is 12.6. The monoisotopic (exact) mass is 398 g/mol. The number of aromatic hydroxyl groups is 1. The van der Waals surface area contributed by atoms with Gasteiger partial charge in [0.25, 0.3) is 5.91 Å². The van der Waals surface area contributed by atoms with Crippen LogP contribution >= 0.6 is 11.3 Å². The lowest BCUT2D eigenvalue weighted by atomic mass is 10.1. The van der Waals surface area contributed by atoms with Crippen LogP contribution in [0.15, 0.2) is 42.5 Å². The Labute approximate surface area is 167 Å². The first-order valence-corrected chi connectivity index (χ1v) is 9.69. The lowest BCUT2D eigenvalue weighted by Gasteiger charge is -2.11. The predicted octanol–water partition coefficient (Wildman–Crippen LogP) is 4.10. The van der Waals surface area contributed by atoms with E-state index >= 15 is 0 Å². The highest BCUT2D eigenvalue weighted by Gasteiger charge is 2.24. The summed E-state index contributed by atoms with van der Waals surface area (Å²) in [5.41, 5.74) is 1.49. The molecule has 7 heteroatoms. The van der Waals surface area contributed by atoms with Crippen molar-refractivity contribution in [2.45, 2.75) is 13.5 Å². The number of nitrogens with one attached hydrogen (secondary N) is 1. The molecule has 0 saturated heterocycles. The fraction of sp³-hybridized carbons (Fsp3) is 0.238. The summed E-state index contributed by atoms with van der Waals surface area (Å²) >= 11 is 1.17. The van der Waals surface area contributed by atoms with Gasteiger partial charge in [-0.05, 0) is 33.2 Å². The van der Waals surface area contributed by atoms with Crippen LogP contribution in [0.25, 0.3) is 10.1 Å². The first kappa shape index (κ1) is 19.9. The Balaban J connectivity index is 2.09. The van der Waals surface area contributed by atoms with Crippen molar-refractivity contribution in [2.24, 2.45) is 0 Å². The lowest BCUT2D eigenvalue weighted by molar-refractivity contribution is 0.0530. The number of hydrogen-bond donors (Lipinski definition) is 2. The molecule has 3 rings (SSSR count). The first-order chi connectivity index (χ1) is 13.4. The molecule has 0 unspecified atom stereocenters. The van der Waals surface area contributed by atoms with Crippen molar-refractivity contribution >= 4 is 38.3 Å². The van der Waals surface area contributed by atoms with Gasteiger partial charge in [0.15, 0.2) is 0 Å². The van der Waals surface area contributed by atoms with E-state index in [0.29, 0.717) is 27.2 Å². The Morgan fingerprint density at radius 1 is 1.14 bits per heavy atom. The quantitative estimate of drug-likeness (QED) is 0.611. The SMILES string of the molecule is CCOC(=O)c1c(NC(=O)c2ccccc2)sc2c(O)c(CN(C)C)ccc12. The third-order valence-electron chi connectivity index (χ3n) is 4.14. The third kappa shape index (κ3) is 4.00. The van der Waals surface area contributed by atoms with Crippen molar-refractivity contribution in [1.29, 1.82) is 0 Å². The van der Waals surface area contributed by atoms with Gasteiger partial charge in [-0.3, -0.25) is 4.79 Å². The molecule has 1 amide bonds. The number of phenolic OH excluding ortho intramolecular Hbond substituents is 1. The van der Waals surface area contributed by atoms with Crippen molar-refractivity contribution < 1.29 is 19.4 Å². The predicted molar refractivity (Wildman–Crippen MR) is 111 cm³/mol. The summed E-state index contributed by atoms with van der Waals surface area (Å²) in [6, 6.07) is 12.3. The molecule has 0 aliphatic heterocycles. The summed E-state index contributed by atoms with van der Waals surface area (Å²) in [7, 11) is 3.82. The zero-order valence-corrected chi connectivity index (χ0v) is 16.8. The van der Waals surface area contributed by atoms with Crippen LogP contribution in [0.2, 0.25) is 0 Å². The van der Waals surface area contributed by atoms with Crippen molar-refractivity contribution in [3.8, 4) is 5.75 Å². The topological polar surface area (TPSA) is 78.9 Å². The highest BCUT2D eigenvalue weighted by molar-refractivity contribution is 7.24. The van der Waals surface area contributed by atoms with Crippen molar-refractivity contribution in [2.75, 3.05) is 26.0 Å². The van der Waals surface area contributed by atoms with Gasteiger partial charge in [0.2, 0.25) is 0 Å². The number of fused-ring (bicyclic) bond motifs is 1. The molecule has 2 N–H and O–H groups in total. The van der Waals surface area contributed by atoms with Crippen LogP contribution < -0.4 is 5.32 Å². The number of esters is 1. The van der Waals surface area contributed by atoms with Gasteiger partial charge in [-0.15, -0.1) is 11.3 Å². The van der Waals surface area contributed by atoms with Crippen molar-refractivity contribution in [3.63, 3.8) is 0 Å². The molecular weight excluding hydrogens is 376 g/mol. The molecule has 2 aromatic carbocycles. The number of phenols is 1. The molecule has 0 bridgehead atoms. The minimum atomic E-state index is -0.531. The van der Waals surface area contributed by atoms with Gasteiger partial charge in [0, 0.05) is 23.1 Å². The van der Waals surface area contributed by atoms with Gasteiger partial charge in [0.05, 0.1) is 11.3 Å². The summed E-state index contributed by atoms with van der Waals surface area (Å²) in [6.45, 7) is 2.49. The second-order valence-corrected chi connectivity index (χ2v) is 7.56. The summed E-state index contributed by atoms with van der Waals surface area (Å²) in [6.07, 6.45) is 0. The maximum Gasteiger partial charge on any atom is 0.341 e. The Hall–Kier alpha value is -2.90. The number of anilines is 1. The summed E-state index contributed by atoms with van der Waals surface area (Å²) in [4.78, 5) is 27.1. The molecule has 1 heterocycles. The molecule has 0 aliphatic rings. The number of carbonyl (C=O) groups is 2. The Morgan fingerprint density at radius 3 is 2.50 bits per heavy atom. The zero-order chi connectivity index (χ0) is 20.3. The molecule has 3 aromatic rings. The number of hydrogen-bond acceptors (Lipinski definition) is 6. The molecule has 0 spiro atoms. The number of benzene rings is 2. The fourth-order valence-electron chi connectivity index (χ4n) is 2.91. The molecule has 0 radical (unpaired) electrons. The molecule has 6 nitrogen and oxygen atoms in total. The second-order valence-electron chi connectivity index (χ2n) is 6.53. The van der Waals surface area contributed by atoms with E-state index in [1.807, 2.05) is 25.1 Å². The van der Waals surface area contributed by atoms with Gasteiger partial charge in [-0.25, -0.2) is 4.79 Å². The van der Waals surface area contributed by atoms with E-state index in [9.17, 15) is 14.7 Å². The first-order valence-electron chi connectivity index (χ1n) is 8.88. The van der Waals surface area contributed by atoms with E-state index in [-0.39, 0.29) is 23.8 Å². The summed E-state index contributed by atoms with van der Waals surface area (Å²) in [5.74, 6) is -0.746. The van der Waals surface area contributed by atoms with E-state index < -0.39 is 5.97 Å². The standard InChI is InChI=1S/C21H22N2O4S/c1-4-27-21(26)16-15-11-10-14(12-23(2)3)17(24)18(15)28-20(16)22-19(25)13-8-6-5-7-9-13/h5-11,24H,4,12H2,1-3H3,(H,22,25). The van der Waals surface area contributed by atoms with E-state index in [1.165, 1.54) is 11.3 Å². The van der Waals surface area contributed by atoms with E-state index in [0.717, 1.165) is 5.56 Å². The van der Waals surface area contributed by atoms with Crippen LogP contribution in [-0.2, 0) is 11.3 Å². The molecule has 0 aliphatic carbocycles. The number of thiophene rings is 1. The van der Waals surface area contributed by atoms with Gasteiger partial charge < -0.3 is 20.1 Å². The van der Waals surface area contributed by atoms with Crippen LogP contribution in [0.4, 0.5) is 5.00 Å². The minimum absolute atomic E-state index is 0.113. The van der Waals surface area contributed by atoms with Gasteiger partial charge in [-0.1, -0.05) is 30.3 Å². The molecule has 0 fully saturated rings. The highest BCUT2D eigenvalue weighted by atomic mass is 32.1. The van der Waals surface area contributed by atoms with E-state index in [4.69, 9.17) is 4.74 Å². The van der Waals surface area contributed by atoms with E-state index in [2.05, 4.69) is 5.32 Å². The minimum Gasteiger partial charge on any atom is -0.506 e. The van der Waals surface area contributed by atoms with Crippen LogP contribution in [-0.4, -0.2) is 42.6 Å². The molecule has 0 atom stereocenters. The Bertz CT molecular complexity index is 1010. The number of carbonyl (C=O) groups excluding carboxylic acids is 2. The second kappa shape index (κ2) is 8.41. The van der Waals surface area contributed by atoms with Crippen LogP contribution in [0.1, 0.15) is 33.2 Å². The lowest BCUT2D eigenvalue weighted by Crippen LogP contribution is -2.14. The summed E-state index contributed by atoms with van der Waals surface area (Å²) < 4.78 is 5.73. The van der Waals surface area contributed by atoms with Gasteiger partial charge >= 0.3 is 5.97 Å². The number of rotatable bonds is 6. The van der Waals surface area contributed by atoms with Crippen LogP contribution in [0, 0.1) is 0 Å². The van der Waals surface area contributed by atoms with Gasteiger partial charge in [-0.2, -0.15) is 0 Å². The largest absolute Gasteiger partial charge is 0.506 e. The number of nitrogens with zero attached hydrogens (tertiary/aromatic N) is 1. The fourth-order valence-corrected chi connectivity index (χ4v) is 4.07. The average Bonchev–Trinajstić information content (AvgIpc) is 3.03. The Morgan fingerprint density at radius 2 is 1.86 bits per heavy atom. The number of amides is 1. The third-order valence-corrected chi connectivity index (χ3v) is 5.27. The normalized spacial score (nSPS) is 11.0. The summed E-state index contributed by atoms with van der Waals surface area (Å²) in [5, 5.41) is 14.4. The average molecular weight is 398 g/mol. The molecular formula is C21H22N2O4S. The molecule has 1 aromatic heterocycles. The van der Waals surface area contributed by atoms with Crippen LogP contribution in [0.5, 0.6) is 5.75 Å². The van der Waals surface area contributed by atoms with Crippen LogP contribution in [0.3, 0.4) is 0 Å². The molecule has 0 saturated carbocycles.